The molecule has 3 heterocycles. The number of morpholine rings is 1. The summed E-state index contributed by atoms with van der Waals surface area (Å²) >= 11 is 1.32. The fourth-order valence-electron chi connectivity index (χ4n) is 5.34. The number of hydrazine groups is 1. The highest BCUT2D eigenvalue weighted by Gasteiger charge is 2.42. The third kappa shape index (κ3) is 4.70. The van der Waals surface area contributed by atoms with Crippen molar-refractivity contribution in [1.82, 2.24) is 15.8 Å². The lowest BCUT2D eigenvalue weighted by molar-refractivity contribution is 0.0207. The number of amides is 3. The molecule has 37 heavy (non-hydrogen) atoms. The first-order valence-corrected chi connectivity index (χ1v) is 13.5. The van der Waals surface area contributed by atoms with E-state index in [0.717, 1.165) is 36.1 Å². The molecule has 1 unspecified atom stereocenters. The van der Waals surface area contributed by atoms with Crippen molar-refractivity contribution in [2.45, 2.75) is 44.2 Å². The second-order valence-electron chi connectivity index (χ2n) is 9.62. The molecule has 3 amide bonds. The standard InChI is InChI=1S/C26H28N6O4S/c33-24-20-16(7-4-8-17(20)28-26(35)31-32-11-13-36-14-12-32)22-21(24)23(30-29-22)18-9-10-19(37-18)25(34)27-15-5-2-1-3-6-15/h4,7-10,15,22H,1-3,5-6,11-14H2,(H,27,34)(H2,28,31,35). The van der Waals surface area contributed by atoms with Gasteiger partial charge in [-0.05, 0) is 36.6 Å². The highest BCUT2D eigenvalue weighted by Crippen LogP contribution is 2.49. The molecular formula is C26H28N6O4S. The minimum atomic E-state index is -0.511. The number of urea groups is 1. The van der Waals surface area contributed by atoms with Crippen LogP contribution in [-0.4, -0.2) is 55.1 Å². The van der Waals surface area contributed by atoms with E-state index in [1.54, 1.807) is 23.2 Å². The van der Waals surface area contributed by atoms with E-state index >= 15 is 0 Å². The summed E-state index contributed by atoms with van der Waals surface area (Å²) in [7, 11) is 0. The normalized spacial score (nSPS) is 21.6. The molecule has 0 bridgehead atoms. The summed E-state index contributed by atoms with van der Waals surface area (Å²) in [5.41, 5.74) is 5.37. The molecule has 1 aromatic carbocycles. The Morgan fingerprint density at radius 1 is 1.05 bits per heavy atom. The van der Waals surface area contributed by atoms with E-state index in [2.05, 4.69) is 26.3 Å². The maximum atomic E-state index is 13.6. The Hall–Kier alpha value is -3.41. The zero-order valence-electron chi connectivity index (χ0n) is 20.3. The van der Waals surface area contributed by atoms with Crippen LogP contribution in [0.2, 0.25) is 0 Å². The van der Waals surface area contributed by atoms with Crippen LogP contribution in [0.25, 0.3) is 5.70 Å². The average molecular weight is 521 g/mol. The highest BCUT2D eigenvalue weighted by atomic mass is 32.1. The van der Waals surface area contributed by atoms with Gasteiger partial charge < -0.3 is 15.4 Å². The van der Waals surface area contributed by atoms with E-state index in [0.29, 0.717) is 53.7 Å². The molecule has 0 spiro atoms. The lowest BCUT2D eigenvalue weighted by atomic mass is 9.95. The minimum absolute atomic E-state index is 0.0842. The predicted molar refractivity (Wildman–Crippen MR) is 138 cm³/mol. The van der Waals surface area contributed by atoms with Gasteiger partial charge in [0, 0.05) is 19.1 Å². The number of carbonyl (C=O) groups excluding carboxylic acids is 3. The van der Waals surface area contributed by atoms with Crippen LogP contribution >= 0.6 is 11.3 Å². The van der Waals surface area contributed by atoms with Gasteiger partial charge in [0.15, 0.2) is 5.78 Å². The van der Waals surface area contributed by atoms with Gasteiger partial charge in [-0.2, -0.15) is 10.2 Å². The Kier molecular flexibility index (Phi) is 6.58. The van der Waals surface area contributed by atoms with Crippen molar-refractivity contribution in [3.8, 4) is 0 Å². The third-order valence-corrected chi connectivity index (χ3v) is 8.28. The quantitative estimate of drug-likeness (QED) is 0.542. The van der Waals surface area contributed by atoms with Crippen LogP contribution in [0.5, 0.6) is 0 Å². The molecule has 4 aliphatic rings. The van der Waals surface area contributed by atoms with Crippen molar-refractivity contribution >= 4 is 40.4 Å². The van der Waals surface area contributed by atoms with E-state index in [1.165, 1.54) is 17.8 Å². The zero-order chi connectivity index (χ0) is 25.4. The second kappa shape index (κ2) is 10.2. The van der Waals surface area contributed by atoms with Gasteiger partial charge in [-0.1, -0.05) is 31.4 Å². The fourth-order valence-corrected chi connectivity index (χ4v) is 6.25. The van der Waals surface area contributed by atoms with Crippen molar-refractivity contribution in [2.24, 2.45) is 10.2 Å². The minimum Gasteiger partial charge on any atom is -0.379 e. The highest BCUT2D eigenvalue weighted by molar-refractivity contribution is 7.15. The maximum absolute atomic E-state index is 13.6. The number of nitrogens with one attached hydrogen (secondary N) is 3. The van der Waals surface area contributed by atoms with Gasteiger partial charge in [-0.3, -0.25) is 15.0 Å². The molecule has 2 aliphatic carbocycles. The number of carbonyl (C=O) groups is 3. The molecule has 192 valence electrons. The summed E-state index contributed by atoms with van der Waals surface area (Å²) in [6.07, 6.45) is 5.55. The maximum Gasteiger partial charge on any atom is 0.333 e. The number of hydrogen-bond acceptors (Lipinski definition) is 8. The average Bonchev–Trinajstić information content (AvgIpc) is 3.62. The third-order valence-electron chi connectivity index (χ3n) is 7.19. The molecule has 11 heteroatoms. The van der Waals surface area contributed by atoms with E-state index in [9.17, 15) is 14.4 Å². The Balaban J connectivity index is 1.21. The van der Waals surface area contributed by atoms with Crippen LogP contribution < -0.4 is 16.1 Å². The Labute approximate surface area is 218 Å². The first kappa shape index (κ1) is 24.0. The number of ketones is 1. The number of hydrogen-bond donors (Lipinski definition) is 3. The molecule has 1 saturated carbocycles. The first-order valence-electron chi connectivity index (χ1n) is 12.7. The van der Waals surface area contributed by atoms with E-state index in [-0.39, 0.29) is 17.7 Å². The lowest BCUT2D eigenvalue weighted by Gasteiger charge is -2.27. The number of benzene rings is 1. The number of fused-ring (bicyclic) bond motifs is 3. The summed E-state index contributed by atoms with van der Waals surface area (Å²) in [6, 6.07) is 8.26. The molecule has 10 nitrogen and oxygen atoms in total. The number of nitrogens with zero attached hydrogens (tertiary/aromatic N) is 3. The number of anilines is 1. The summed E-state index contributed by atoms with van der Waals surface area (Å²) in [4.78, 5) is 40.4. The number of thiophene rings is 1. The van der Waals surface area contributed by atoms with Gasteiger partial charge in [0.2, 0.25) is 0 Å². The van der Waals surface area contributed by atoms with Crippen LogP contribution in [0, 0.1) is 0 Å². The van der Waals surface area contributed by atoms with Crippen molar-refractivity contribution in [3.63, 3.8) is 0 Å². The van der Waals surface area contributed by atoms with Gasteiger partial charge in [0.05, 0.1) is 39.8 Å². The van der Waals surface area contributed by atoms with E-state index in [1.807, 2.05) is 12.1 Å². The van der Waals surface area contributed by atoms with Crippen molar-refractivity contribution in [1.29, 1.82) is 0 Å². The molecule has 3 N–H and O–H groups in total. The summed E-state index contributed by atoms with van der Waals surface area (Å²) in [5.74, 6) is -0.289. The fraction of sp³-hybridized carbons (Fsp3) is 0.423. The predicted octanol–water partition coefficient (Wildman–Crippen LogP) is 4.29. The number of azo groups is 1. The van der Waals surface area contributed by atoms with Gasteiger partial charge in [0.1, 0.15) is 11.7 Å². The van der Waals surface area contributed by atoms with Crippen LogP contribution in [0.3, 0.4) is 0 Å². The summed E-state index contributed by atoms with van der Waals surface area (Å²) < 4.78 is 5.31. The Morgan fingerprint density at radius 2 is 1.86 bits per heavy atom. The molecule has 1 saturated heterocycles. The Bertz CT molecular complexity index is 1310. The second-order valence-corrected chi connectivity index (χ2v) is 10.7. The van der Waals surface area contributed by atoms with Crippen molar-refractivity contribution in [3.05, 3.63) is 56.8 Å². The van der Waals surface area contributed by atoms with Crippen LogP contribution in [0.15, 0.2) is 46.1 Å². The SMILES string of the molecule is O=C(Nc1cccc2c1C(=O)C1=C(c3ccc(C(=O)NC4CCCCC4)s3)N=NC12)NN1CCOCC1. The first-order chi connectivity index (χ1) is 18.1. The molecule has 2 aliphatic heterocycles. The number of ether oxygens (including phenoxy) is 1. The lowest BCUT2D eigenvalue weighted by Crippen LogP contribution is -2.49. The van der Waals surface area contributed by atoms with E-state index in [4.69, 9.17) is 4.74 Å². The van der Waals surface area contributed by atoms with Crippen molar-refractivity contribution < 1.29 is 19.1 Å². The van der Waals surface area contributed by atoms with Crippen LogP contribution in [0.4, 0.5) is 10.5 Å². The molecule has 1 atom stereocenters. The molecule has 1 aromatic heterocycles. The van der Waals surface area contributed by atoms with Crippen LogP contribution in [-0.2, 0) is 4.74 Å². The molecule has 0 radical (unpaired) electrons. The van der Waals surface area contributed by atoms with Gasteiger partial charge in [-0.25, -0.2) is 9.80 Å². The monoisotopic (exact) mass is 520 g/mol. The van der Waals surface area contributed by atoms with Crippen molar-refractivity contribution in [2.75, 3.05) is 31.6 Å². The summed E-state index contributed by atoms with van der Waals surface area (Å²) in [5, 5.41) is 16.5. The largest absolute Gasteiger partial charge is 0.379 e. The summed E-state index contributed by atoms with van der Waals surface area (Å²) in [6.45, 7) is 2.30. The van der Waals surface area contributed by atoms with Gasteiger partial charge >= 0.3 is 6.03 Å². The van der Waals surface area contributed by atoms with Crippen LogP contribution in [0.1, 0.15) is 68.6 Å². The number of Topliss-reactive ketones (excluding diaryl/α,β-unsaturated/α-hetero) is 1. The molecule has 6 rings (SSSR count). The smallest absolute Gasteiger partial charge is 0.333 e. The van der Waals surface area contributed by atoms with Gasteiger partial charge in [0.25, 0.3) is 5.91 Å². The number of rotatable bonds is 5. The Morgan fingerprint density at radius 3 is 2.68 bits per heavy atom. The zero-order valence-corrected chi connectivity index (χ0v) is 21.1. The van der Waals surface area contributed by atoms with Gasteiger partial charge in [-0.15, -0.1) is 11.3 Å². The topological polar surface area (TPSA) is 124 Å². The van der Waals surface area contributed by atoms with E-state index < -0.39 is 12.1 Å². The molecule has 2 aromatic rings. The molecular weight excluding hydrogens is 492 g/mol. The molecule has 2 fully saturated rings.